The van der Waals surface area contributed by atoms with Gasteiger partial charge in [0, 0.05) is 12.6 Å². The fourth-order valence-corrected chi connectivity index (χ4v) is 2.73. The van der Waals surface area contributed by atoms with Crippen LogP contribution in [0.1, 0.15) is 25.3 Å². The van der Waals surface area contributed by atoms with E-state index in [1.54, 1.807) is 26.0 Å². The van der Waals surface area contributed by atoms with Crippen LogP contribution >= 0.6 is 0 Å². The number of nitrogens with one attached hydrogen (secondary N) is 1. The highest BCUT2D eigenvalue weighted by Gasteiger charge is 2.36. The van der Waals surface area contributed by atoms with Gasteiger partial charge in [-0.15, -0.1) is 0 Å². The molecule has 1 aliphatic rings. The molecule has 1 unspecified atom stereocenters. The van der Waals surface area contributed by atoms with Crippen LogP contribution in [0.2, 0.25) is 0 Å². The molecule has 2 rings (SSSR count). The van der Waals surface area contributed by atoms with Gasteiger partial charge in [-0.1, -0.05) is 6.07 Å². The van der Waals surface area contributed by atoms with Crippen molar-refractivity contribution in [3.8, 4) is 11.5 Å². The normalized spacial score (nSPS) is 14.9. The summed E-state index contributed by atoms with van der Waals surface area (Å²) in [6.45, 7) is 2.22. The highest BCUT2D eigenvalue weighted by atomic mass is 16.5. The SMILES string of the molecule is COc1ccc(CCNC(=O)CN(C2CC2)C(C)C(=O)O)cc1OC. The van der Waals surface area contributed by atoms with Crippen LogP contribution in [-0.4, -0.2) is 61.3 Å². The Morgan fingerprint density at radius 2 is 1.96 bits per heavy atom. The van der Waals surface area contributed by atoms with Crippen molar-refractivity contribution >= 4 is 11.9 Å². The second-order valence-corrected chi connectivity index (χ2v) is 6.21. The number of methoxy groups -OCH3 is 2. The Labute approximate surface area is 147 Å². The molecule has 1 aromatic rings. The zero-order chi connectivity index (χ0) is 18.4. The van der Waals surface area contributed by atoms with E-state index < -0.39 is 12.0 Å². The third kappa shape index (κ3) is 5.35. The van der Waals surface area contributed by atoms with Crippen LogP contribution in [0.25, 0.3) is 0 Å². The summed E-state index contributed by atoms with van der Waals surface area (Å²) in [5, 5.41) is 12.0. The first-order chi connectivity index (χ1) is 12.0. The molecule has 1 fully saturated rings. The van der Waals surface area contributed by atoms with Crippen molar-refractivity contribution in [2.75, 3.05) is 27.3 Å². The lowest BCUT2D eigenvalue weighted by atomic mass is 10.1. The molecule has 1 atom stereocenters. The molecule has 138 valence electrons. The molecular formula is C18H26N2O5. The van der Waals surface area contributed by atoms with Gasteiger partial charge in [0.1, 0.15) is 6.04 Å². The van der Waals surface area contributed by atoms with E-state index in [1.807, 2.05) is 18.2 Å². The van der Waals surface area contributed by atoms with Crippen molar-refractivity contribution in [1.29, 1.82) is 0 Å². The molecule has 0 heterocycles. The summed E-state index contributed by atoms with van der Waals surface area (Å²) < 4.78 is 10.5. The fourth-order valence-electron chi connectivity index (χ4n) is 2.73. The smallest absolute Gasteiger partial charge is 0.320 e. The molecule has 1 aromatic carbocycles. The van der Waals surface area contributed by atoms with Gasteiger partial charge in [-0.3, -0.25) is 14.5 Å². The average Bonchev–Trinajstić information content (AvgIpc) is 3.43. The monoisotopic (exact) mass is 350 g/mol. The first-order valence-electron chi connectivity index (χ1n) is 8.42. The van der Waals surface area contributed by atoms with Crippen LogP contribution in [-0.2, 0) is 16.0 Å². The van der Waals surface area contributed by atoms with Gasteiger partial charge in [-0.05, 0) is 43.9 Å². The molecular weight excluding hydrogens is 324 g/mol. The summed E-state index contributed by atoms with van der Waals surface area (Å²) in [6.07, 6.45) is 2.57. The molecule has 25 heavy (non-hydrogen) atoms. The van der Waals surface area contributed by atoms with Gasteiger partial charge in [0.25, 0.3) is 0 Å². The van der Waals surface area contributed by atoms with Crippen LogP contribution in [0.4, 0.5) is 0 Å². The maximum atomic E-state index is 12.1. The number of benzene rings is 1. The largest absolute Gasteiger partial charge is 0.493 e. The van der Waals surface area contributed by atoms with Gasteiger partial charge in [0.15, 0.2) is 11.5 Å². The predicted molar refractivity (Wildman–Crippen MR) is 93.1 cm³/mol. The lowest BCUT2D eigenvalue weighted by molar-refractivity contribution is -0.143. The minimum Gasteiger partial charge on any atom is -0.493 e. The lowest BCUT2D eigenvalue weighted by Crippen LogP contribution is -2.46. The van der Waals surface area contributed by atoms with Gasteiger partial charge < -0.3 is 19.9 Å². The first-order valence-corrected chi connectivity index (χ1v) is 8.42. The van der Waals surface area contributed by atoms with Crippen LogP contribution in [0.15, 0.2) is 18.2 Å². The quantitative estimate of drug-likeness (QED) is 0.661. The van der Waals surface area contributed by atoms with E-state index in [2.05, 4.69) is 5.32 Å². The highest BCUT2D eigenvalue weighted by molar-refractivity contribution is 5.80. The molecule has 0 aromatic heterocycles. The Bertz CT molecular complexity index is 615. The molecule has 1 saturated carbocycles. The van der Waals surface area contributed by atoms with E-state index >= 15 is 0 Å². The molecule has 1 aliphatic carbocycles. The molecule has 0 bridgehead atoms. The molecule has 7 nitrogen and oxygen atoms in total. The number of carbonyl (C=O) groups is 2. The Morgan fingerprint density at radius 3 is 2.52 bits per heavy atom. The van der Waals surface area contributed by atoms with E-state index in [9.17, 15) is 9.59 Å². The summed E-state index contributed by atoms with van der Waals surface area (Å²) in [4.78, 5) is 25.1. The summed E-state index contributed by atoms with van der Waals surface area (Å²) >= 11 is 0. The van der Waals surface area contributed by atoms with Crippen molar-refractivity contribution in [3.63, 3.8) is 0 Å². The molecule has 7 heteroatoms. The van der Waals surface area contributed by atoms with E-state index in [0.717, 1.165) is 18.4 Å². The zero-order valence-electron chi connectivity index (χ0n) is 14.9. The highest BCUT2D eigenvalue weighted by Crippen LogP contribution is 2.29. The van der Waals surface area contributed by atoms with E-state index in [4.69, 9.17) is 14.6 Å². The number of rotatable bonds is 10. The van der Waals surface area contributed by atoms with Crippen molar-refractivity contribution in [2.24, 2.45) is 0 Å². The van der Waals surface area contributed by atoms with Crippen molar-refractivity contribution in [2.45, 2.75) is 38.3 Å². The first kappa shape index (κ1) is 19.1. The maximum absolute atomic E-state index is 12.1. The minimum absolute atomic E-state index is 0.115. The Morgan fingerprint density at radius 1 is 1.28 bits per heavy atom. The topological polar surface area (TPSA) is 88.1 Å². The number of ether oxygens (including phenoxy) is 2. The lowest BCUT2D eigenvalue weighted by Gasteiger charge is -2.25. The van der Waals surface area contributed by atoms with Crippen LogP contribution in [0.3, 0.4) is 0 Å². The molecule has 0 aliphatic heterocycles. The fraction of sp³-hybridized carbons (Fsp3) is 0.556. The number of carbonyl (C=O) groups excluding carboxylic acids is 1. The number of carboxylic acid groups (broad SMARTS) is 1. The average molecular weight is 350 g/mol. The molecule has 1 amide bonds. The molecule has 2 N–H and O–H groups in total. The summed E-state index contributed by atoms with van der Waals surface area (Å²) in [5.74, 6) is 0.269. The van der Waals surface area contributed by atoms with E-state index in [0.29, 0.717) is 24.5 Å². The second kappa shape index (κ2) is 8.71. The Balaban J connectivity index is 1.82. The predicted octanol–water partition coefficient (Wildman–Crippen LogP) is 1.30. The number of carboxylic acids is 1. The Hall–Kier alpha value is -2.28. The number of amides is 1. The van der Waals surface area contributed by atoms with Crippen molar-refractivity contribution in [1.82, 2.24) is 10.2 Å². The maximum Gasteiger partial charge on any atom is 0.320 e. The van der Waals surface area contributed by atoms with Gasteiger partial charge in [0.2, 0.25) is 5.91 Å². The van der Waals surface area contributed by atoms with Gasteiger partial charge >= 0.3 is 5.97 Å². The second-order valence-electron chi connectivity index (χ2n) is 6.21. The third-order valence-corrected chi connectivity index (χ3v) is 4.38. The van der Waals surface area contributed by atoms with Gasteiger partial charge in [-0.2, -0.15) is 0 Å². The number of nitrogens with zero attached hydrogens (tertiary/aromatic N) is 1. The van der Waals surface area contributed by atoms with Crippen LogP contribution in [0, 0.1) is 0 Å². The third-order valence-electron chi connectivity index (χ3n) is 4.38. The van der Waals surface area contributed by atoms with E-state index in [-0.39, 0.29) is 18.5 Å². The summed E-state index contributed by atoms with van der Waals surface area (Å²) in [5.41, 5.74) is 1.02. The van der Waals surface area contributed by atoms with Crippen molar-refractivity contribution in [3.05, 3.63) is 23.8 Å². The summed E-state index contributed by atoms with van der Waals surface area (Å²) in [7, 11) is 3.17. The Kier molecular flexibility index (Phi) is 6.64. The van der Waals surface area contributed by atoms with Crippen LogP contribution in [0.5, 0.6) is 11.5 Å². The number of aliphatic carboxylic acids is 1. The van der Waals surface area contributed by atoms with Gasteiger partial charge in [-0.25, -0.2) is 0 Å². The molecule has 0 spiro atoms. The van der Waals surface area contributed by atoms with Crippen LogP contribution < -0.4 is 14.8 Å². The molecule has 0 saturated heterocycles. The zero-order valence-corrected chi connectivity index (χ0v) is 14.9. The van der Waals surface area contributed by atoms with Gasteiger partial charge in [0.05, 0.1) is 20.8 Å². The number of hydrogen-bond donors (Lipinski definition) is 2. The van der Waals surface area contributed by atoms with Crippen molar-refractivity contribution < 1.29 is 24.2 Å². The standard InChI is InChI=1S/C18H26N2O5/c1-12(18(22)23)20(14-5-6-14)11-17(21)19-9-8-13-4-7-15(24-2)16(10-13)25-3/h4,7,10,12,14H,5-6,8-9,11H2,1-3H3,(H,19,21)(H,22,23). The molecule has 0 radical (unpaired) electrons. The van der Waals surface area contributed by atoms with E-state index in [1.165, 1.54) is 0 Å². The minimum atomic E-state index is -0.898. The summed E-state index contributed by atoms with van der Waals surface area (Å²) in [6, 6.07) is 5.20. The number of hydrogen-bond acceptors (Lipinski definition) is 5.